The Morgan fingerprint density at radius 1 is 0.725 bits per heavy atom. The summed E-state index contributed by atoms with van der Waals surface area (Å²) in [6.45, 7) is 22.0. The number of aryl methyl sites for hydroxylation is 1. The summed E-state index contributed by atoms with van der Waals surface area (Å²) in [6.07, 6.45) is 15.1. The van der Waals surface area contributed by atoms with Crippen LogP contribution in [0.15, 0.2) is 34.3 Å². The maximum Gasteiger partial charge on any atom is 0.414 e. The third-order valence-electron chi connectivity index (χ3n) is 9.69. The number of phenols is 2. The van der Waals surface area contributed by atoms with Crippen LogP contribution in [0.3, 0.4) is 0 Å². The Kier molecular flexibility index (Phi) is 19.5. The largest absolute Gasteiger partial charge is 0.507 e. The van der Waals surface area contributed by atoms with Crippen LogP contribution < -0.4 is 0 Å². The molecule has 2 aromatic carbocycles. The third kappa shape index (κ3) is 14.1. The van der Waals surface area contributed by atoms with Crippen molar-refractivity contribution in [1.82, 2.24) is 0 Å². The van der Waals surface area contributed by atoms with E-state index in [0.717, 1.165) is 60.8 Å². The normalized spacial score (nSPS) is 16.6. The van der Waals surface area contributed by atoms with E-state index in [4.69, 9.17) is 29.8 Å². The fourth-order valence-electron chi connectivity index (χ4n) is 6.35. The number of unbranched alkanes of at least 4 members (excludes halogenated alkanes) is 2. The van der Waals surface area contributed by atoms with Crippen LogP contribution in [0.2, 0.25) is 0 Å². The fraction of sp³-hybridized carbons (Fsp3) is 0.619. The number of phenolic OH excluding ortho intramolecular Hbond substituents is 2. The molecule has 2 unspecified atom stereocenters. The summed E-state index contributed by atoms with van der Waals surface area (Å²) >= 11 is 0. The number of carboxylic acid groups (broad SMARTS) is 2. The zero-order chi connectivity index (χ0) is 37.2. The first-order valence-electron chi connectivity index (χ1n) is 18.0. The van der Waals surface area contributed by atoms with Gasteiger partial charge in [-0.2, -0.15) is 0 Å². The summed E-state index contributed by atoms with van der Waals surface area (Å²) in [7, 11) is 0. The van der Waals surface area contributed by atoms with Gasteiger partial charge in [0.1, 0.15) is 11.5 Å². The number of aliphatic carboxylic acids is 2. The Hall–Kier alpha value is -3.15. The summed E-state index contributed by atoms with van der Waals surface area (Å²) in [5.41, 5.74) is 5.86. The van der Waals surface area contributed by atoms with Crippen LogP contribution >= 0.6 is 0 Å². The maximum atomic E-state index is 11.3. The topological polar surface area (TPSA) is 140 Å². The van der Waals surface area contributed by atoms with Crippen molar-refractivity contribution in [2.24, 2.45) is 9.98 Å². The Labute approximate surface area is 319 Å². The molecular formula is C42H66CrN2O6. The second kappa shape index (κ2) is 20.8. The molecule has 9 heteroatoms. The molecule has 3 rings (SSSR count). The molecule has 0 aromatic heterocycles. The number of aromatic hydroxyl groups is 2. The number of hydrogen-bond donors (Lipinski definition) is 4. The third-order valence-corrected chi connectivity index (χ3v) is 9.69. The van der Waals surface area contributed by atoms with Gasteiger partial charge in [-0.1, -0.05) is 120 Å². The van der Waals surface area contributed by atoms with Gasteiger partial charge in [-0.25, -0.2) is 9.59 Å². The van der Waals surface area contributed by atoms with Crippen LogP contribution in [-0.4, -0.2) is 56.9 Å². The first-order chi connectivity index (χ1) is 22.7. The van der Waals surface area contributed by atoms with Gasteiger partial charge < -0.3 is 20.4 Å². The van der Waals surface area contributed by atoms with Crippen molar-refractivity contribution in [2.45, 2.75) is 169 Å². The number of carbonyl (C=O) groups is 2. The molecule has 0 heterocycles. The molecule has 51 heavy (non-hydrogen) atoms. The predicted molar refractivity (Wildman–Crippen MR) is 208 cm³/mol. The van der Waals surface area contributed by atoms with Gasteiger partial charge in [0.05, 0.1) is 12.1 Å². The first kappa shape index (κ1) is 47.9. The molecule has 0 radical (unpaired) electrons. The SMILES string of the molecule is C.CCCCC(C)(CCCC)c1cc(C)c(O)c(C=NC2CCCCC2N=Cc2cc(C(C)(C)C)cc(C(C)(C)C)c2O)c1.O=C(O)C(=O)O.[Cr]. The van der Waals surface area contributed by atoms with Gasteiger partial charge in [-0.15, -0.1) is 0 Å². The van der Waals surface area contributed by atoms with Gasteiger partial charge in [0.25, 0.3) is 0 Å². The van der Waals surface area contributed by atoms with Crippen molar-refractivity contribution >= 4 is 24.4 Å². The van der Waals surface area contributed by atoms with Gasteiger partial charge in [0.2, 0.25) is 0 Å². The van der Waals surface area contributed by atoms with E-state index in [1.807, 2.05) is 19.4 Å². The van der Waals surface area contributed by atoms with Gasteiger partial charge >= 0.3 is 11.9 Å². The predicted octanol–water partition coefficient (Wildman–Crippen LogP) is 10.3. The molecule has 4 N–H and O–H groups in total. The van der Waals surface area contributed by atoms with Crippen LogP contribution in [0.25, 0.3) is 0 Å². The summed E-state index contributed by atoms with van der Waals surface area (Å²) in [5, 5.41) is 37.1. The molecule has 0 spiro atoms. The molecular weight excluding hydrogens is 680 g/mol. The minimum atomic E-state index is -1.82. The van der Waals surface area contributed by atoms with Gasteiger partial charge in [-0.05, 0) is 77.7 Å². The summed E-state index contributed by atoms with van der Waals surface area (Å²) in [6, 6.07) is 8.72. The number of carboxylic acids is 2. The maximum absolute atomic E-state index is 11.3. The second-order valence-corrected chi connectivity index (χ2v) is 16.0. The molecule has 1 aliphatic carbocycles. The molecule has 1 fully saturated rings. The van der Waals surface area contributed by atoms with E-state index in [1.54, 1.807) is 0 Å². The zero-order valence-electron chi connectivity index (χ0n) is 32.1. The van der Waals surface area contributed by atoms with E-state index >= 15 is 0 Å². The molecule has 2 atom stereocenters. The second-order valence-electron chi connectivity index (χ2n) is 16.0. The number of nitrogens with zero attached hydrogens (tertiary/aromatic N) is 2. The number of hydrogen-bond acceptors (Lipinski definition) is 6. The monoisotopic (exact) mass is 746 g/mol. The molecule has 8 nitrogen and oxygen atoms in total. The Balaban J connectivity index is 0.00000287. The van der Waals surface area contributed by atoms with Crippen molar-refractivity contribution in [1.29, 1.82) is 0 Å². The van der Waals surface area contributed by atoms with E-state index < -0.39 is 11.9 Å². The van der Waals surface area contributed by atoms with Crippen LogP contribution in [0.1, 0.15) is 167 Å². The molecule has 1 saturated carbocycles. The van der Waals surface area contributed by atoms with Gasteiger partial charge in [0, 0.05) is 46.5 Å². The van der Waals surface area contributed by atoms with E-state index in [1.165, 1.54) is 36.8 Å². The molecule has 0 saturated heterocycles. The van der Waals surface area contributed by atoms with E-state index in [-0.39, 0.29) is 53.1 Å². The quantitative estimate of drug-likeness (QED) is 0.133. The van der Waals surface area contributed by atoms with Gasteiger partial charge in [-0.3, -0.25) is 9.98 Å². The average Bonchev–Trinajstić information content (AvgIpc) is 3.02. The summed E-state index contributed by atoms with van der Waals surface area (Å²) in [5.74, 6) is -2.99. The number of rotatable bonds is 11. The molecule has 0 amide bonds. The Morgan fingerprint density at radius 3 is 1.55 bits per heavy atom. The molecule has 2 aromatic rings. The Bertz CT molecular complexity index is 1470. The zero-order valence-corrected chi connectivity index (χ0v) is 33.4. The average molecular weight is 747 g/mol. The van der Waals surface area contributed by atoms with Crippen LogP contribution in [0.4, 0.5) is 0 Å². The first-order valence-corrected chi connectivity index (χ1v) is 18.0. The molecule has 1 aliphatic rings. The minimum Gasteiger partial charge on any atom is -0.507 e. The van der Waals surface area contributed by atoms with E-state index in [2.05, 4.69) is 86.6 Å². The Morgan fingerprint density at radius 2 is 1.16 bits per heavy atom. The van der Waals surface area contributed by atoms with Gasteiger partial charge in [0.15, 0.2) is 0 Å². The van der Waals surface area contributed by atoms with Crippen molar-refractivity contribution in [3.05, 3.63) is 57.6 Å². The van der Waals surface area contributed by atoms with Crippen molar-refractivity contribution in [3.63, 3.8) is 0 Å². The standard InChI is InChI=1S/C39H60N2O2.C2H2O4.CH4.Cr/c1-11-13-19-39(10,20-14-12-2)31-21-27(3)35(42)28(23-31)25-40-33-17-15-16-18-34(33)41-26-29-22-30(37(4,5)6)24-32(36(29)43)38(7,8)9;3-1(4)2(5)6;;/h21-26,33-34,42-43H,11-20H2,1-10H3;(H,3,4)(H,5,6);1H4;. The van der Waals surface area contributed by atoms with E-state index in [9.17, 15) is 10.2 Å². The van der Waals surface area contributed by atoms with Crippen molar-refractivity contribution < 1.29 is 47.4 Å². The van der Waals surface area contributed by atoms with Crippen molar-refractivity contribution in [2.75, 3.05) is 0 Å². The molecule has 286 valence electrons. The fourth-order valence-corrected chi connectivity index (χ4v) is 6.35. The summed E-state index contributed by atoms with van der Waals surface area (Å²) < 4.78 is 0. The van der Waals surface area contributed by atoms with Crippen molar-refractivity contribution in [3.8, 4) is 11.5 Å². The smallest absolute Gasteiger partial charge is 0.414 e. The van der Waals surface area contributed by atoms with Crippen LogP contribution in [0.5, 0.6) is 11.5 Å². The number of aliphatic imine (C=N–C) groups is 2. The van der Waals surface area contributed by atoms with E-state index in [0.29, 0.717) is 11.5 Å². The molecule has 0 bridgehead atoms. The molecule has 0 aliphatic heterocycles. The van der Waals surface area contributed by atoms with Crippen LogP contribution in [0, 0.1) is 6.92 Å². The minimum absolute atomic E-state index is 0. The number of benzene rings is 2. The summed E-state index contributed by atoms with van der Waals surface area (Å²) in [4.78, 5) is 28.3. The van der Waals surface area contributed by atoms with Crippen LogP contribution in [-0.2, 0) is 43.2 Å².